The summed E-state index contributed by atoms with van der Waals surface area (Å²) >= 11 is 0. The smallest absolute Gasteiger partial charge is 0.0115 e. The SMILES string of the molecule is [CH2]N(C1CCC1)C1CC1. The lowest BCUT2D eigenvalue weighted by molar-refractivity contribution is 0.173. The van der Waals surface area contributed by atoms with Crippen LogP contribution in [0.2, 0.25) is 0 Å². The quantitative estimate of drug-likeness (QED) is 0.542. The third-order valence-electron chi connectivity index (χ3n) is 2.56. The minimum absolute atomic E-state index is 0.859. The van der Waals surface area contributed by atoms with E-state index in [9.17, 15) is 0 Å². The molecular formula is C8H14N. The molecule has 2 saturated carbocycles. The summed E-state index contributed by atoms with van der Waals surface area (Å²) in [5.74, 6) is 0. The van der Waals surface area contributed by atoms with Crippen molar-refractivity contribution >= 4 is 0 Å². The summed E-state index contributed by atoms with van der Waals surface area (Å²) in [6, 6.07) is 1.73. The lowest BCUT2D eigenvalue weighted by Crippen LogP contribution is -2.36. The number of nitrogens with zero attached hydrogens (tertiary/aromatic N) is 1. The molecule has 2 fully saturated rings. The van der Waals surface area contributed by atoms with Gasteiger partial charge in [-0.2, -0.15) is 0 Å². The first-order valence-corrected chi connectivity index (χ1v) is 3.97. The van der Waals surface area contributed by atoms with Crippen LogP contribution >= 0.6 is 0 Å². The van der Waals surface area contributed by atoms with Crippen molar-refractivity contribution < 1.29 is 0 Å². The maximum absolute atomic E-state index is 4.06. The molecule has 0 N–H and O–H groups in total. The Hall–Kier alpha value is -0.0400. The van der Waals surface area contributed by atoms with E-state index in [2.05, 4.69) is 11.9 Å². The summed E-state index contributed by atoms with van der Waals surface area (Å²) in [4.78, 5) is 2.34. The molecule has 2 aliphatic carbocycles. The van der Waals surface area contributed by atoms with Crippen molar-refractivity contribution in [3.63, 3.8) is 0 Å². The van der Waals surface area contributed by atoms with Crippen LogP contribution in [0.15, 0.2) is 0 Å². The number of rotatable bonds is 2. The molecule has 1 radical (unpaired) electrons. The largest absolute Gasteiger partial charge is 0.296 e. The monoisotopic (exact) mass is 124 g/mol. The van der Waals surface area contributed by atoms with Gasteiger partial charge in [0.15, 0.2) is 0 Å². The molecule has 0 atom stereocenters. The highest BCUT2D eigenvalue weighted by Gasteiger charge is 2.33. The van der Waals surface area contributed by atoms with Gasteiger partial charge in [-0.05, 0) is 25.7 Å². The summed E-state index contributed by atoms with van der Waals surface area (Å²) < 4.78 is 0. The molecule has 0 aromatic heterocycles. The Kier molecular flexibility index (Phi) is 1.26. The van der Waals surface area contributed by atoms with Crippen molar-refractivity contribution in [2.75, 3.05) is 0 Å². The van der Waals surface area contributed by atoms with Crippen molar-refractivity contribution in [3.8, 4) is 0 Å². The zero-order valence-corrected chi connectivity index (χ0v) is 5.84. The second kappa shape index (κ2) is 1.98. The van der Waals surface area contributed by atoms with Gasteiger partial charge in [-0.1, -0.05) is 6.42 Å². The standard InChI is InChI=1S/C8H14N/c1-9(8-5-6-8)7-3-2-4-7/h7-8H,1-6H2. The molecule has 51 valence electrons. The highest BCUT2D eigenvalue weighted by Crippen LogP contribution is 2.34. The van der Waals surface area contributed by atoms with Crippen LogP contribution in [0, 0.1) is 7.05 Å². The average molecular weight is 124 g/mol. The fourth-order valence-electron chi connectivity index (χ4n) is 1.42. The van der Waals surface area contributed by atoms with E-state index in [1.807, 2.05) is 0 Å². The maximum Gasteiger partial charge on any atom is 0.0115 e. The van der Waals surface area contributed by atoms with E-state index in [0.717, 1.165) is 12.1 Å². The van der Waals surface area contributed by atoms with Crippen LogP contribution in [0.3, 0.4) is 0 Å². The van der Waals surface area contributed by atoms with Gasteiger partial charge in [0, 0.05) is 19.1 Å². The molecule has 2 rings (SSSR count). The van der Waals surface area contributed by atoms with Crippen molar-refractivity contribution in [2.45, 2.75) is 44.2 Å². The Labute approximate surface area is 57.0 Å². The summed E-state index contributed by atoms with van der Waals surface area (Å²) in [5.41, 5.74) is 0. The maximum atomic E-state index is 4.06. The first-order valence-electron chi connectivity index (χ1n) is 3.97. The lowest BCUT2D eigenvalue weighted by Gasteiger charge is -2.34. The molecule has 0 unspecified atom stereocenters. The van der Waals surface area contributed by atoms with Crippen LogP contribution in [0.4, 0.5) is 0 Å². The zero-order valence-electron chi connectivity index (χ0n) is 5.84. The molecule has 0 heterocycles. The molecule has 0 aromatic carbocycles. The average Bonchev–Trinajstić information content (AvgIpc) is 2.37. The number of hydrogen-bond acceptors (Lipinski definition) is 1. The van der Waals surface area contributed by atoms with Crippen molar-refractivity contribution in [1.82, 2.24) is 4.90 Å². The minimum atomic E-state index is 0.859. The fraction of sp³-hybridized carbons (Fsp3) is 0.875. The van der Waals surface area contributed by atoms with Gasteiger partial charge in [0.25, 0.3) is 0 Å². The Morgan fingerprint density at radius 2 is 1.56 bits per heavy atom. The van der Waals surface area contributed by atoms with Crippen LogP contribution in [-0.4, -0.2) is 17.0 Å². The molecular weight excluding hydrogens is 110 g/mol. The normalized spacial score (nSPS) is 28.7. The molecule has 0 saturated heterocycles. The van der Waals surface area contributed by atoms with Crippen LogP contribution in [0.1, 0.15) is 32.1 Å². The minimum Gasteiger partial charge on any atom is -0.296 e. The van der Waals surface area contributed by atoms with Crippen molar-refractivity contribution in [1.29, 1.82) is 0 Å². The molecule has 0 aliphatic heterocycles. The topological polar surface area (TPSA) is 3.24 Å². The second-order valence-electron chi connectivity index (χ2n) is 3.33. The van der Waals surface area contributed by atoms with Crippen LogP contribution in [0.25, 0.3) is 0 Å². The van der Waals surface area contributed by atoms with E-state index in [1.165, 1.54) is 32.1 Å². The van der Waals surface area contributed by atoms with Gasteiger partial charge in [-0.15, -0.1) is 0 Å². The van der Waals surface area contributed by atoms with Crippen LogP contribution < -0.4 is 0 Å². The van der Waals surface area contributed by atoms with Gasteiger partial charge in [-0.3, -0.25) is 4.90 Å². The summed E-state index contributed by atoms with van der Waals surface area (Å²) in [6.07, 6.45) is 7.05. The molecule has 0 aromatic rings. The predicted molar refractivity (Wildman–Crippen MR) is 37.9 cm³/mol. The molecule has 0 spiro atoms. The van der Waals surface area contributed by atoms with Crippen molar-refractivity contribution in [2.24, 2.45) is 0 Å². The second-order valence-corrected chi connectivity index (χ2v) is 3.33. The van der Waals surface area contributed by atoms with Crippen LogP contribution in [0.5, 0.6) is 0 Å². The van der Waals surface area contributed by atoms with Gasteiger partial charge in [0.2, 0.25) is 0 Å². The number of hydrogen-bond donors (Lipinski definition) is 0. The first-order chi connectivity index (χ1) is 4.38. The summed E-state index contributed by atoms with van der Waals surface area (Å²) in [7, 11) is 4.06. The van der Waals surface area contributed by atoms with E-state index in [0.29, 0.717) is 0 Å². The van der Waals surface area contributed by atoms with Crippen LogP contribution in [-0.2, 0) is 0 Å². The Morgan fingerprint density at radius 3 is 1.89 bits per heavy atom. The molecule has 0 amide bonds. The van der Waals surface area contributed by atoms with Gasteiger partial charge < -0.3 is 0 Å². The van der Waals surface area contributed by atoms with Crippen molar-refractivity contribution in [3.05, 3.63) is 7.05 Å². The molecule has 2 aliphatic rings. The van der Waals surface area contributed by atoms with Gasteiger partial charge in [0.1, 0.15) is 0 Å². The Balaban J connectivity index is 1.81. The Bertz CT molecular complexity index is 103. The fourth-order valence-corrected chi connectivity index (χ4v) is 1.42. The predicted octanol–water partition coefficient (Wildman–Crippen LogP) is 1.79. The molecule has 9 heavy (non-hydrogen) atoms. The van der Waals surface area contributed by atoms with E-state index in [-0.39, 0.29) is 0 Å². The van der Waals surface area contributed by atoms with Gasteiger partial charge in [0.05, 0.1) is 0 Å². The van der Waals surface area contributed by atoms with E-state index >= 15 is 0 Å². The van der Waals surface area contributed by atoms with Gasteiger partial charge in [-0.25, -0.2) is 0 Å². The third kappa shape index (κ3) is 0.983. The van der Waals surface area contributed by atoms with E-state index < -0.39 is 0 Å². The first kappa shape index (κ1) is 5.72. The molecule has 0 bridgehead atoms. The molecule has 1 nitrogen and oxygen atoms in total. The summed E-state index contributed by atoms with van der Waals surface area (Å²) in [6.45, 7) is 0. The molecule has 1 heteroatoms. The van der Waals surface area contributed by atoms with E-state index in [1.54, 1.807) is 0 Å². The lowest BCUT2D eigenvalue weighted by atomic mass is 9.92. The summed E-state index contributed by atoms with van der Waals surface area (Å²) in [5, 5.41) is 0. The highest BCUT2D eigenvalue weighted by molar-refractivity contribution is 4.91. The van der Waals surface area contributed by atoms with E-state index in [4.69, 9.17) is 0 Å². The van der Waals surface area contributed by atoms with Gasteiger partial charge >= 0.3 is 0 Å². The third-order valence-corrected chi connectivity index (χ3v) is 2.56. The highest BCUT2D eigenvalue weighted by atomic mass is 15.2. The Morgan fingerprint density at radius 1 is 1.00 bits per heavy atom. The zero-order chi connectivity index (χ0) is 6.27.